The maximum Gasteiger partial charge on any atom is 0.191 e. The molecule has 1 unspecified atom stereocenters. The van der Waals surface area contributed by atoms with Gasteiger partial charge in [0.1, 0.15) is 0 Å². The molecule has 3 rings (SSSR count). The van der Waals surface area contributed by atoms with Gasteiger partial charge in [-0.3, -0.25) is 4.99 Å². The van der Waals surface area contributed by atoms with E-state index in [0.717, 1.165) is 34.9 Å². The molecule has 2 aliphatic rings. The van der Waals surface area contributed by atoms with E-state index in [-0.39, 0.29) is 5.41 Å². The molecule has 1 heterocycles. The minimum absolute atomic E-state index is 0.224. The average molecular weight is 398 g/mol. The molecule has 4 nitrogen and oxygen atoms in total. The number of guanidine groups is 1. The summed E-state index contributed by atoms with van der Waals surface area (Å²) in [4.78, 5) is 4.29. The van der Waals surface area contributed by atoms with Gasteiger partial charge in [-0.15, -0.1) is 0 Å². The van der Waals surface area contributed by atoms with Crippen LogP contribution >= 0.6 is 27.7 Å². The number of aliphatic imine (C=N–C) groups is 1. The van der Waals surface area contributed by atoms with Crippen molar-refractivity contribution >= 4 is 33.7 Å². The Hall–Kier alpha value is -0.720. The van der Waals surface area contributed by atoms with E-state index in [9.17, 15) is 5.11 Å². The van der Waals surface area contributed by atoms with E-state index >= 15 is 0 Å². The zero-order valence-corrected chi connectivity index (χ0v) is 15.8. The van der Waals surface area contributed by atoms with Crippen LogP contribution in [0.25, 0.3) is 0 Å². The molecule has 1 saturated heterocycles. The van der Waals surface area contributed by atoms with Gasteiger partial charge in [-0.2, -0.15) is 11.8 Å². The highest BCUT2D eigenvalue weighted by atomic mass is 79.9. The highest BCUT2D eigenvalue weighted by Gasteiger charge is 2.44. The normalized spacial score (nSPS) is 26.1. The van der Waals surface area contributed by atoms with Crippen LogP contribution in [0.3, 0.4) is 0 Å². The van der Waals surface area contributed by atoms with Crippen molar-refractivity contribution in [1.82, 2.24) is 10.6 Å². The second-order valence-electron chi connectivity index (χ2n) is 6.60. The van der Waals surface area contributed by atoms with E-state index in [1.165, 1.54) is 18.4 Å². The van der Waals surface area contributed by atoms with Crippen LogP contribution < -0.4 is 10.6 Å². The Morgan fingerprint density at radius 3 is 2.70 bits per heavy atom. The SMILES string of the molecule is CN=C(NCC1(O)CCSC1)NCC1(c2cccc(Br)c2)CC1. The number of hydrogen-bond donors (Lipinski definition) is 3. The number of thioether (sulfide) groups is 1. The van der Waals surface area contributed by atoms with Crippen molar-refractivity contribution in [1.29, 1.82) is 0 Å². The van der Waals surface area contributed by atoms with E-state index < -0.39 is 5.60 Å². The fraction of sp³-hybridized carbons (Fsp3) is 0.588. The first-order valence-corrected chi connectivity index (χ1v) is 10.0. The molecule has 6 heteroatoms. The Bertz CT molecular complexity index is 583. The molecule has 1 aliphatic carbocycles. The zero-order valence-electron chi connectivity index (χ0n) is 13.4. The zero-order chi connectivity index (χ0) is 16.3. The predicted molar refractivity (Wildman–Crippen MR) is 101 cm³/mol. The van der Waals surface area contributed by atoms with E-state index in [1.54, 1.807) is 7.05 Å². The lowest BCUT2D eigenvalue weighted by atomic mass is 9.96. The second kappa shape index (κ2) is 7.03. The fourth-order valence-corrected chi connectivity index (χ4v) is 4.69. The second-order valence-corrected chi connectivity index (χ2v) is 8.62. The Morgan fingerprint density at radius 1 is 1.30 bits per heavy atom. The summed E-state index contributed by atoms with van der Waals surface area (Å²) in [5.74, 6) is 2.62. The summed E-state index contributed by atoms with van der Waals surface area (Å²) in [5.41, 5.74) is 1.01. The first kappa shape index (κ1) is 17.1. The molecular formula is C17H24BrN3OS. The number of benzene rings is 1. The molecule has 1 aromatic rings. The minimum atomic E-state index is -0.593. The van der Waals surface area contributed by atoms with Crippen molar-refractivity contribution in [2.75, 3.05) is 31.6 Å². The van der Waals surface area contributed by atoms with Crippen LogP contribution in [0, 0.1) is 0 Å². The fourth-order valence-electron chi connectivity index (χ4n) is 2.99. The van der Waals surface area contributed by atoms with E-state index in [4.69, 9.17) is 0 Å². The maximum atomic E-state index is 10.4. The molecule has 1 aliphatic heterocycles. The first-order chi connectivity index (χ1) is 11.1. The van der Waals surface area contributed by atoms with Crippen molar-refractivity contribution in [3.8, 4) is 0 Å². The van der Waals surface area contributed by atoms with Crippen molar-refractivity contribution < 1.29 is 5.11 Å². The number of halogens is 1. The van der Waals surface area contributed by atoms with Gasteiger partial charge in [0.15, 0.2) is 5.96 Å². The number of hydrogen-bond acceptors (Lipinski definition) is 3. The molecular weight excluding hydrogens is 374 g/mol. The summed E-state index contributed by atoms with van der Waals surface area (Å²) in [6.07, 6.45) is 3.26. The van der Waals surface area contributed by atoms with Gasteiger partial charge in [-0.1, -0.05) is 28.1 Å². The molecule has 2 fully saturated rings. The summed E-state index contributed by atoms with van der Waals surface area (Å²) in [6, 6.07) is 8.57. The third-order valence-electron chi connectivity index (χ3n) is 4.78. The van der Waals surface area contributed by atoms with E-state index in [2.05, 4.69) is 55.8 Å². The highest BCUT2D eigenvalue weighted by Crippen LogP contribution is 2.48. The number of nitrogens with one attached hydrogen (secondary N) is 2. The van der Waals surface area contributed by atoms with Crippen molar-refractivity contribution in [3.63, 3.8) is 0 Å². The molecule has 0 radical (unpaired) electrons. The highest BCUT2D eigenvalue weighted by molar-refractivity contribution is 9.10. The van der Waals surface area contributed by atoms with Crippen LogP contribution in [0.1, 0.15) is 24.8 Å². The largest absolute Gasteiger partial charge is 0.387 e. The van der Waals surface area contributed by atoms with Crippen LogP contribution in [0.4, 0.5) is 0 Å². The van der Waals surface area contributed by atoms with E-state index in [1.807, 2.05) is 11.8 Å². The minimum Gasteiger partial charge on any atom is -0.387 e. The molecule has 23 heavy (non-hydrogen) atoms. The smallest absolute Gasteiger partial charge is 0.191 e. The van der Waals surface area contributed by atoms with Gasteiger partial charge in [-0.25, -0.2) is 0 Å². The van der Waals surface area contributed by atoms with Crippen molar-refractivity contribution in [2.24, 2.45) is 4.99 Å². The van der Waals surface area contributed by atoms with Gasteiger partial charge in [-0.05, 0) is 42.7 Å². The molecule has 0 aromatic heterocycles. The van der Waals surface area contributed by atoms with Gasteiger partial charge in [0, 0.05) is 35.8 Å². The van der Waals surface area contributed by atoms with E-state index in [0.29, 0.717) is 6.54 Å². The summed E-state index contributed by atoms with van der Waals surface area (Å²) in [6.45, 7) is 1.43. The quantitative estimate of drug-likeness (QED) is 0.527. The van der Waals surface area contributed by atoms with Gasteiger partial charge < -0.3 is 15.7 Å². The Balaban J connectivity index is 1.54. The van der Waals surface area contributed by atoms with Crippen molar-refractivity contribution in [3.05, 3.63) is 34.3 Å². The number of rotatable bonds is 5. The lowest BCUT2D eigenvalue weighted by Gasteiger charge is -2.24. The number of nitrogens with zero attached hydrogens (tertiary/aromatic N) is 1. The van der Waals surface area contributed by atoms with Crippen LogP contribution in [0.2, 0.25) is 0 Å². The molecule has 1 aromatic carbocycles. The summed E-state index contributed by atoms with van der Waals surface area (Å²) < 4.78 is 1.13. The van der Waals surface area contributed by atoms with Crippen LogP contribution in [-0.2, 0) is 5.41 Å². The molecule has 0 amide bonds. The first-order valence-electron chi connectivity index (χ1n) is 8.06. The van der Waals surface area contributed by atoms with Gasteiger partial charge in [0.2, 0.25) is 0 Å². The molecule has 1 atom stereocenters. The van der Waals surface area contributed by atoms with Crippen LogP contribution in [0.15, 0.2) is 33.7 Å². The molecule has 0 bridgehead atoms. The van der Waals surface area contributed by atoms with Crippen LogP contribution in [0.5, 0.6) is 0 Å². The standard InChI is InChI=1S/C17H24BrN3OS/c1-19-15(21-11-17(22)7-8-23-12-17)20-10-16(5-6-16)13-3-2-4-14(18)9-13/h2-4,9,22H,5-8,10-12H2,1H3,(H2,19,20,21). The average Bonchev–Trinajstić information content (AvgIpc) is 3.22. The van der Waals surface area contributed by atoms with Gasteiger partial charge >= 0.3 is 0 Å². The van der Waals surface area contributed by atoms with Gasteiger partial charge in [0.25, 0.3) is 0 Å². The molecule has 0 spiro atoms. The van der Waals surface area contributed by atoms with Gasteiger partial charge in [0.05, 0.1) is 5.60 Å². The van der Waals surface area contributed by atoms with Crippen molar-refractivity contribution in [2.45, 2.75) is 30.3 Å². The maximum absolute atomic E-state index is 10.4. The lowest BCUT2D eigenvalue weighted by Crippen LogP contribution is -2.48. The van der Waals surface area contributed by atoms with Crippen LogP contribution in [-0.4, -0.2) is 48.3 Å². The molecule has 3 N–H and O–H groups in total. The monoisotopic (exact) mass is 397 g/mol. The third-order valence-corrected chi connectivity index (χ3v) is 6.50. The number of aliphatic hydroxyl groups is 1. The molecule has 1 saturated carbocycles. The third kappa shape index (κ3) is 4.22. The summed E-state index contributed by atoms with van der Waals surface area (Å²) in [7, 11) is 1.78. The topological polar surface area (TPSA) is 56.7 Å². The Kier molecular flexibility index (Phi) is 5.23. The lowest BCUT2D eigenvalue weighted by molar-refractivity contribution is 0.0724. The Morgan fingerprint density at radius 2 is 2.09 bits per heavy atom. The summed E-state index contributed by atoms with van der Waals surface area (Å²) >= 11 is 5.37. The predicted octanol–water partition coefficient (Wildman–Crippen LogP) is 2.51. The summed E-state index contributed by atoms with van der Waals surface area (Å²) in [5, 5.41) is 17.1. The Labute approximate surface area is 150 Å². The molecule has 126 valence electrons.